The minimum atomic E-state index is -1.74. The van der Waals surface area contributed by atoms with Gasteiger partial charge in [-0.2, -0.15) is 0 Å². The first kappa shape index (κ1) is 18.8. The Balaban J connectivity index is 2.02. The van der Waals surface area contributed by atoms with E-state index in [0.717, 1.165) is 23.8 Å². The number of nitrogens with zero attached hydrogens (tertiary/aromatic N) is 1. The highest BCUT2D eigenvalue weighted by Crippen LogP contribution is 2.50. The zero-order valence-electron chi connectivity index (χ0n) is 14.7. The summed E-state index contributed by atoms with van der Waals surface area (Å²) >= 11 is 2.16. The lowest BCUT2D eigenvalue weighted by molar-refractivity contribution is -0.192. The molecule has 4 aliphatic rings. The zero-order valence-corrected chi connectivity index (χ0v) is 16.3. The average molecular weight is 422 g/mol. The van der Waals surface area contributed by atoms with Crippen LogP contribution in [0.25, 0.3) is 0 Å². The number of ketones is 1. The molecule has 1 N–H and O–H groups in total. The standard InChI is InChI=1S/C17H14N2O7S2/c1-25-14(23)12-11-9(6-20)28-16-17(26-2,15(24)19(12)16)18-10(21)5-8-7(13(11)22)3-4-27-8/h3-4,6,9,16H,5H2,1-2H3,(H,18,21)/t9?,16-,17-/m0/s1. The molecule has 4 bridgehead atoms. The molecule has 1 saturated heterocycles. The molecule has 5 rings (SSSR count). The average Bonchev–Trinajstić information content (AvgIpc) is 3.15. The van der Waals surface area contributed by atoms with Crippen LogP contribution in [0.2, 0.25) is 0 Å². The van der Waals surface area contributed by atoms with Gasteiger partial charge in [-0.15, -0.1) is 23.1 Å². The van der Waals surface area contributed by atoms with Crippen LogP contribution in [-0.4, -0.2) is 65.3 Å². The van der Waals surface area contributed by atoms with Crippen molar-refractivity contribution in [2.75, 3.05) is 14.2 Å². The van der Waals surface area contributed by atoms with E-state index in [2.05, 4.69) is 5.32 Å². The van der Waals surface area contributed by atoms with Crippen LogP contribution in [0.5, 0.6) is 0 Å². The number of thioether (sulfide) groups is 1. The number of amides is 2. The van der Waals surface area contributed by atoms with Crippen molar-refractivity contribution >= 4 is 53.0 Å². The van der Waals surface area contributed by atoms with Gasteiger partial charge in [-0.05, 0) is 11.4 Å². The predicted molar refractivity (Wildman–Crippen MR) is 97.4 cm³/mol. The fourth-order valence-electron chi connectivity index (χ4n) is 3.57. The van der Waals surface area contributed by atoms with Crippen LogP contribution in [0.1, 0.15) is 15.2 Å². The molecule has 1 aromatic heterocycles. The third-order valence-corrected chi connectivity index (χ3v) is 7.24. The fourth-order valence-corrected chi connectivity index (χ4v) is 5.91. The highest BCUT2D eigenvalue weighted by Gasteiger charge is 2.68. The Morgan fingerprint density at radius 1 is 1.36 bits per heavy atom. The third-order valence-electron chi connectivity index (χ3n) is 4.88. The minimum Gasteiger partial charge on any atom is -0.464 e. The molecule has 9 nitrogen and oxygen atoms in total. The van der Waals surface area contributed by atoms with E-state index in [9.17, 15) is 24.0 Å². The summed E-state index contributed by atoms with van der Waals surface area (Å²) in [5.74, 6) is -2.72. The number of ether oxygens (including phenoxy) is 2. The number of nitrogens with one attached hydrogen (secondary N) is 1. The molecule has 28 heavy (non-hydrogen) atoms. The second-order valence-electron chi connectivity index (χ2n) is 6.23. The Labute approximate surface area is 167 Å². The van der Waals surface area contributed by atoms with Crippen LogP contribution in [0.15, 0.2) is 22.7 Å². The second-order valence-corrected chi connectivity index (χ2v) is 8.45. The van der Waals surface area contributed by atoms with Crippen molar-refractivity contribution in [1.82, 2.24) is 10.2 Å². The van der Waals surface area contributed by atoms with Crippen LogP contribution in [-0.2, 0) is 35.1 Å². The van der Waals surface area contributed by atoms with Crippen molar-refractivity contribution in [1.29, 1.82) is 0 Å². The van der Waals surface area contributed by atoms with E-state index >= 15 is 0 Å². The molecule has 0 aromatic carbocycles. The lowest BCUT2D eigenvalue weighted by Gasteiger charge is -2.56. The SMILES string of the molecule is COC(=O)C1=C2C(=O)c3ccsc3CC(=O)N[C@]3(OC)C(=O)N1[C@H]3SC2C=O. The number of carbonyl (C=O) groups excluding carboxylic acids is 5. The van der Waals surface area contributed by atoms with Gasteiger partial charge in [0.2, 0.25) is 5.91 Å². The number of aldehydes is 1. The Hall–Kier alpha value is -2.50. The van der Waals surface area contributed by atoms with E-state index in [-0.39, 0.29) is 23.3 Å². The molecule has 2 amide bonds. The summed E-state index contributed by atoms with van der Waals surface area (Å²) < 4.78 is 10.2. The number of esters is 1. The predicted octanol–water partition coefficient (Wildman–Crippen LogP) is -0.145. The molecule has 1 fully saturated rings. The number of thiophene rings is 1. The van der Waals surface area contributed by atoms with Gasteiger partial charge in [-0.1, -0.05) is 0 Å². The molecule has 4 aliphatic heterocycles. The van der Waals surface area contributed by atoms with Crippen molar-refractivity contribution in [3.63, 3.8) is 0 Å². The van der Waals surface area contributed by atoms with Crippen molar-refractivity contribution in [3.8, 4) is 0 Å². The molecule has 0 saturated carbocycles. The van der Waals surface area contributed by atoms with E-state index in [4.69, 9.17) is 9.47 Å². The van der Waals surface area contributed by atoms with Crippen LogP contribution in [0.4, 0.5) is 0 Å². The van der Waals surface area contributed by atoms with E-state index in [1.165, 1.54) is 24.5 Å². The Kier molecular flexibility index (Phi) is 4.40. The lowest BCUT2D eigenvalue weighted by atomic mass is 9.93. The Morgan fingerprint density at radius 3 is 2.75 bits per heavy atom. The summed E-state index contributed by atoms with van der Waals surface area (Å²) in [5, 5.41) is 2.30. The maximum atomic E-state index is 13.3. The maximum absolute atomic E-state index is 13.3. The van der Waals surface area contributed by atoms with E-state index in [0.29, 0.717) is 11.2 Å². The van der Waals surface area contributed by atoms with Crippen molar-refractivity contribution in [2.24, 2.45) is 0 Å². The van der Waals surface area contributed by atoms with E-state index in [1.54, 1.807) is 5.38 Å². The summed E-state index contributed by atoms with van der Waals surface area (Å²) in [4.78, 5) is 64.7. The number of Topliss-reactive ketones (excluding diaryl/α,β-unsaturated/α-hetero) is 1. The highest BCUT2D eigenvalue weighted by molar-refractivity contribution is 8.01. The molecule has 11 heteroatoms. The van der Waals surface area contributed by atoms with Crippen LogP contribution >= 0.6 is 23.1 Å². The molecular formula is C17H14N2O7S2. The normalized spacial score (nSPS) is 28.9. The molecule has 1 unspecified atom stereocenters. The Bertz CT molecular complexity index is 968. The summed E-state index contributed by atoms with van der Waals surface area (Å²) in [6.07, 6.45) is 0.397. The van der Waals surface area contributed by atoms with Gasteiger partial charge >= 0.3 is 5.97 Å². The summed E-state index contributed by atoms with van der Waals surface area (Å²) in [6, 6.07) is 1.53. The number of carbonyl (C=O) groups is 5. The fraction of sp³-hybridized carbons (Fsp3) is 0.353. The topological polar surface area (TPSA) is 119 Å². The van der Waals surface area contributed by atoms with Crippen molar-refractivity contribution in [3.05, 3.63) is 33.2 Å². The summed E-state index contributed by atoms with van der Waals surface area (Å²) in [6.45, 7) is 0. The van der Waals surface area contributed by atoms with Gasteiger partial charge in [0.05, 0.1) is 24.4 Å². The lowest BCUT2D eigenvalue weighted by Crippen LogP contribution is -2.81. The van der Waals surface area contributed by atoms with Gasteiger partial charge in [0.25, 0.3) is 11.6 Å². The first-order valence-corrected chi connectivity index (χ1v) is 9.96. The molecule has 5 heterocycles. The highest BCUT2D eigenvalue weighted by atomic mass is 32.2. The van der Waals surface area contributed by atoms with Crippen LogP contribution in [0.3, 0.4) is 0 Å². The van der Waals surface area contributed by atoms with Gasteiger partial charge in [0.15, 0.2) is 5.78 Å². The van der Waals surface area contributed by atoms with Gasteiger partial charge in [-0.3, -0.25) is 19.3 Å². The number of rotatable bonds is 3. The molecular weight excluding hydrogens is 408 g/mol. The smallest absolute Gasteiger partial charge is 0.355 e. The third kappa shape index (κ3) is 2.33. The summed E-state index contributed by atoms with van der Waals surface area (Å²) in [5.41, 5.74) is -1.95. The zero-order chi connectivity index (χ0) is 20.2. The van der Waals surface area contributed by atoms with Gasteiger partial charge in [0.1, 0.15) is 17.4 Å². The molecule has 0 aliphatic carbocycles. The number of hydrogen-bond donors (Lipinski definition) is 1. The van der Waals surface area contributed by atoms with Crippen molar-refractivity contribution in [2.45, 2.75) is 22.8 Å². The number of fused-ring (bicyclic) bond motifs is 3. The van der Waals surface area contributed by atoms with Gasteiger partial charge < -0.3 is 19.6 Å². The van der Waals surface area contributed by atoms with Gasteiger partial charge in [0, 0.05) is 17.6 Å². The molecule has 0 radical (unpaired) electrons. The molecule has 146 valence electrons. The summed E-state index contributed by atoms with van der Waals surface area (Å²) in [7, 11) is 2.37. The quantitative estimate of drug-likeness (QED) is 0.406. The second kappa shape index (κ2) is 6.54. The van der Waals surface area contributed by atoms with Gasteiger partial charge in [-0.25, -0.2) is 4.79 Å². The number of methoxy groups -OCH3 is 2. The molecule has 3 atom stereocenters. The Morgan fingerprint density at radius 2 is 2.11 bits per heavy atom. The number of β-lactam (4-membered cyclic amide) rings is 1. The maximum Gasteiger partial charge on any atom is 0.355 e. The first-order chi connectivity index (χ1) is 13.4. The van der Waals surface area contributed by atoms with Crippen molar-refractivity contribution < 1.29 is 33.4 Å². The largest absolute Gasteiger partial charge is 0.464 e. The molecule has 0 spiro atoms. The molecule has 1 aromatic rings. The number of hydrogen-bond acceptors (Lipinski definition) is 9. The van der Waals surface area contributed by atoms with Crippen LogP contribution in [0, 0.1) is 0 Å². The minimum absolute atomic E-state index is 0.129. The van der Waals surface area contributed by atoms with Crippen LogP contribution < -0.4 is 5.32 Å². The first-order valence-electron chi connectivity index (χ1n) is 8.13. The van der Waals surface area contributed by atoms with E-state index < -0.39 is 39.9 Å². The van der Waals surface area contributed by atoms with E-state index in [1.807, 2.05) is 0 Å². The monoisotopic (exact) mass is 422 g/mol.